The van der Waals surface area contributed by atoms with Crippen LogP contribution >= 0.6 is 0 Å². The van der Waals surface area contributed by atoms with Crippen molar-refractivity contribution < 1.29 is 4.79 Å². The standard InChI is InChI=1S/C14H27N3O/c1-3-13-11-16(2)9-4-10-17(13)14(18)7-8-15-12-5-6-12/h12-13,15H,3-11H2,1-2H3. The van der Waals surface area contributed by atoms with Gasteiger partial charge in [0.1, 0.15) is 0 Å². The smallest absolute Gasteiger partial charge is 0.224 e. The van der Waals surface area contributed by atoms with Gasteiger partial charge in [-0.15, -0.1) is 0 Å². The van der Waals surface area contributed by atoms with Crippen LogP contribution in [0, 0.1) is 0 Å². The summed E-state index contributed by atoms with van der Waals surface area (Å²) in [7, 11) is 2.16. The van der Waals surface area contributed by atoms with Crippen LogP contribution in [0.15, 0.2) is 0 Å². The molecule has 0 radical (unpaired) electrons. The second-order valence-electron chi connectivity index (χ2n) is 5.74. The lowest BCUT2D eigenvalue weighted by Crippen LogP contribution is -2.44. The third kappa shape index (κ3) is 3.95. The summed E-state index contributed by atoms with van der Waals surface area (Å²) in [6.07, 6.45) is 5.41. The molecule has 1 saturated heterocycles. The van der Waals surface area contributed by atoms with E-state index < -0.39 is 0 Å². The zero-order valence-corrected chi connectivity index (χ0v) is 11.8. The van der Waals surface area contributed by atoms with Crippen molar-refractivity contribution >= 4 is 5.91 Å². The first-order chi connectivity index (χ1) is 8.70. The number of rotatable bonds is 5. The van der Waals surface area contributed by atoms with Crippen molar-refractivity contribution in [2.45, 2.75) is 51.1 Å². The van der Waals surface area contributed by atoms with Gasteiger partial charge in [0.15, 0.2) is 0 Å². The Morgan fingerprint density at radius 2 is 2.11 bits per heavy atom. The fraction of sp³-hybridized carbons (Fsp3) is 0.929. The van der Waals surface area contributed by atoms with E-state index in [1.165, 1.54) is 12.8 Å². The molecule has 1 aliphatic heterocycles. The Balaban J connectivity index is 1.80. The van der Waals surface area contributed by atoms with E-state index in [1.54, 1.807) is 0 Å². The molecular formula is C14H27N3O. The van der Waals surface area contributed by atoms with Gasteiger partial charge in [0, 0.05) is 38.1 Å². The van der Waals surface area contributed by atoms with E-state index >= 15 is 0 Å². The molecule has 1 saturated carbocycles. The van der Waals surface area contributed by atoms with Crippen LogP contribution in [0.1, 0.15) is 39.0 Å². The maximum Gasteiger partial charge on any atom is 0.224 e. The molecule has 1 unspecified atom stereocenters. The van der Waals surface area contributed by atoms with Crippen LogP contribution in [0.25, 0.3) is 0 Å². The van der Waals surface area contributed by atoms with Gasteiger partial charge in [0.2, 0.25) is 5.91 Å². The zero-order chi connectivity index (χ0) is 13.0. The Morgan fingerprint density at radius 1 is 1.33 bits per heavy atom. The minimum Gasteiger partial charge on any atom is -0.338 e. The highest BCUT2D eigenvalue weighted by Crippen LogP contribution is 2.18. The zero-order valence-electron chi connectivity index (χ0n) is 11.8. The highest BCUT2D eigenvalue weighted by atomic mass is 16.2. The van der Waals surface area contributed by atoms with Gasteiger partial charge >= 0.3 is 0 Å². The molecule has 0 bridgehead atoms. The van der Waals surface area contributed by atoms with Gasteiger partial charge in [0.05, 0.1) is 0 Å². The molecule has 1 heterocycles. The summed E-state index contributed by atoms with van der Waals surface area (Å²) in [6, 6.07) is 1.11. The van der Waals surface area contributed by atoms with E-state index in [0.717, 1.165) is 39.0 Å². The molecule has 2 aliphatic rings. The molecule has 4 nitrogen and oxygen atoms in total. The number of carbonyl (C=O) groups excluding carboxylic acids is 1. The molecule has 1 N–H and O–H groups in total. The van der Waals surface area contributed by atoms with E-state index in [-0.39, 0.29) is 0 Å². The number of carbonyl (C=O) groups is 1. The second-order valence-corrected chi connectivity index (χ2v) is 5.74. The lowest BCUT2D eigenvalue weighted by atomic mass is 10.1. The van der Waals surface area contributed by atoms with Crippen molar-refractivity contribution in [3.8, 4) is 0 Å². The van der Waals surface area contributed by atoms with E-state index in [4.69, 9.17) is 0 Å². The maximum absolute atomic E-state index is 12.3. The molecule has 4 heteroatoms. The molecule has 0 aromatic carbocycles. The van der Waals surface area contributed by atoms with Crippen LogP contribution in [0.2, 0.25) is 0 Å². The summed E-state index contributed by atoms with van der Waals surface area (Å²) in [6.45, 7) is 6.11. The summed E-state index contributed by atoms with van der Waals surface area (Å²) in [5.41, 5.74) is 0. The third-order valence-electron chi connectivity index (χ3n) is 4.04. The molecule has 18 heavy (non-hydrogen) atoms. The average Bonchev–Trinajstić information content (AvgIpc) is 3.16. The Labute approximate surface area is 111 Å². The van der Waals surface area contributed by atoms with Gasteiger partial charge in [-0.1, -0.05) is 6.92 Å². The second kappa shape index (κ2) is 6.53. The third-order valence-corrected chi connectivity index (χ3v) is 4.04. The van der Waals surface area contributed by atoms with Gasteiger partial charge in [-0.3, -0.25) is 4.79 Å². The first kappa shape index (κ1) is 13.8. The minimum atomic E-state index is 0.338. The Bertz CT molecular complexity index is 278. The van der Waals surface area contributed by atoms with Crippen molar-refractivity contribution in [2.75, 3.05) is 33.2 Å². The lowest BCUT2D eigenvalue weighted by molar-refractivity contribution is -0.133. The number of amides is 1. The van der Waals surface area contributed by atoms with Crippen LogP contribution in [-0.4, -0.2) is 61.0 Å². The highest BCUT2D eigenvalue weighted by Gasteiger charge is 2.26. The average molecular weight is 253 g/mol. The van der Waals surface area contributed by atoms with Crippen LogP contribution in [0.5, 0.6) is 0 Å². The highest BCUT2D eigenvalue weighted by molar-refractivity contribution is 5.76. The first-order valence-electron chi connectivity index (χ1n) is 7.42. The molecule has 2 rings (SSSR count). The lowest BCUT2D eigenvalue weighted by Gasteiger charge is -2.30. The molecular weight excluding hydrogens is 226 g/mol. The minimum absolute atomic E-state index is 0.338. The van der Waals surface area contributed by atoms with E-state index in [2.05, 4.69) is 29.1 Å². The monoisotopic (exact) mass is 253 g/mol. The van der Waals surface area contributed by atoms with Crippen LogP contribution in [0.3, 0.4) is 0 Å². The molecule has 1 amide bonds. The van der Waals surface area contributed by atoms with Crippen LogP contribution in [-0.2, 0) is 4.79 Å². The summed E-state index contributed by atoms with van der Waals surface area (Å²) in [5.74, 6) is 0.338. The number of hydrogen-bond acceptors (Lipinski definition) is 3. The van der Waals surface area contributed by atoms with Crippen molar-refractivity contribution in [1.82, 2.24) is 15.1 Å². The first-order valence-corrected chi connectivity index (χ1v) is 7.42. The summed E-state index contributed by atoms with van der Waals surface area (Å²) < 4.78 is 0. The predicted molar refractivity (Wildman–Crippen MR) is 73.5 cm³/mol. The van der Waals surface area contributed by atoms with E-state index in [9.17, 15) is 4.79 Å². The Hall–Kier alpha value is -0.610. The number of hydrogen-bond donors (Lipinski definition) is 1. The van der Waals surface area contributed by atoms with Gasteiger partial charge < -0.3 is 15.1 Å². The number of nitrogens with zero attached hydrogens (tertiary/aromatic N) is 2. The molecule has 0 aromatic heterocycles. The van der Waals surface area contributed by atoms with Gasteiger partial charge in [-0.2, -0.15) is 0 Å². The molecule has 104 valence electrons. The predicted octanol–water partition coefficient (Wildman–Crippen LogP) is 1.07. The van der Waals surface area contributed by atoms with Crippen LogP contribution in [0.4, 0.5) is 0 Å². The summed E-state index contributed by atoms with van der Waals surface area (Å²) in [4.78, 5) is 16.8. The largest absolute Gasteiger partial charge is 0.338 e. The summed E-state index contributed by atoms with van der Waals surface area (Å²) >= 11 is 0. The fourth-order valence-corrected chi connectivity index (χ4v) is 2.74. The molecule has 1 atom stereocenters. The molecule has 0 aromatic rings. The molecule has 1 aliphatic carbocycles. The topological polar surface area (TPSA) is 35.6 Å². The summed E-state index contributed by atoms with van der Waals surface area (Å²) in [5, 5.41) is 3.43. The maximum atomic E-state index is 12.3. The van der Waals surface area contributed by atoms with Gasteiger partial charge in [-0.05, 0) is 39.3 Å². The normalized spacial score (nSPS) is 26.1. The van der Waals surface area contributed by atoms with Crippen molar-refractivity contribution in [3.05, 3.63) is 0 Å². The number of likely N-dealkylation sites (N-methyl/N-ethyl adjacent to an activating group) is 1. The van der Waals surface area contributed by atoms with Crippen molar-refractivity contribution in [1.29, 1.82) is 0 Å². The molecule has 0 spiro atoms. The van der Waals surface area contributed by atoms with Crippen molar-refractivity contribution in [3.63, 3.8) is 0 Å². The van der Waals surface area contributed by atoms with Gasteiger partial charge in [-0.25, -0.2) is 0 Å². The quantitative estimate of drug-likeness (QED) is 0.796. The van der Waals surface area contributed by atoms with Crippen molar-refractivity contribution in [2.24, 2.45) is 0 Å². The van der Waals surface area contributed by atoms with E-state index in [1.807, 2.05) is 0 Å². The fourth-order valence-electron chi connectivity index (χ4n) is 2.74. The van der Waals surface area contributed by atoms with E-state index in [0.29, 0.717) is 24.4 Å². The SMILES string of the molecule is CCC1CN(C)CCCN1C(=O)CCNC1CC1. The number of nitrogens with one attached hydrogen (secondary N) is 1. The molecule has 2 fully saturated rings. The van der Waals surface area contributed by atoms with Gasteiger partial charge in [0.25, 0.3) is 0 Å². The van der Waals surface area contributed by atoms with Crippen LogP contribution < -0.4 is 5.32 Å². The Morgan fingerprint density at radius 3 is 2.78 bits per heavy atom. The Kier molecular flexibility index (Phi) is 5.01.